The molecule has 23 heavy (non-hydrogen) atoms. The maximum absolute atomic E-state index is 12.1. The molecule has 0 saturated carbocycles. The van der Waals surface area contributed by atoms with Gasteiger partial charge in [0, 0.05) is 5.02 Å². The van der Waals surface area contributed by atoms with Crippen molar-refractivity contribution in [2.75, 3.05) is 11.1 Å². The first kappa shape index (κ1) is 17.1. The zero-order chi connectivity index (χ0) is 17.1. The third-order valence-electron chi connectivity index (χ3n) is 2.94. The minimum atomic E-state index is -1.08. The molecule has 2 aromatic rings. The maximum atomic E-state index is 12.1. The Bertz CT molecular complexity index is 741. The molecule has 0 radical (unpaired) electrons. The van der Waals surface area contributed by atoms with Gasteiger partial charge in [0.15, 0.2) is 6.10 Å². The zero-order valence-electron chi connectivity index (χ0n) is 12.2. The molecule has 1 aromatic carbocycles. The summed E-state index contributed by atoms with van der Waals surface area (Å²) >= 11 is 11.7. The summed E-state index contributed by atoms with van der Waals surface area (Å²) in [6.45, 7) is 2.95. The average Bonchev–Trinajstić information content (AvgIpc) is 2.81. The molecule has 0 aliphatic heterocycles. The largest absolute Gasteiger partial charge is 0.449 e. The van der Waals surface area contributed by atoms with Crippen LogP contribution in [0.2, 0.25) is 10.0 Å². The van der Waals surface area contributed by atoms with E-state index in [4.69, 9.17) is 33.7 Å². The Morgan fingerprint density at radius 1 is 1.39 bits per heavy atom. The number of aromatic nitrogens is 1. The highest BCUT2D eigenvalue weighted by atomic mass is 35.5. The Hall–Kier alpha value is -2.25. The number of nitrogens with one attached hydrogen (secondary N) is 1. The average molecular weight is 358 g/mol. The van der Waals surface area contributed by atoms with Crippen molar-refractivity contribution in [3.8, 4) is 0 Å². The van der Waals surface area contributed by atoms with Gasteiger partial charge in [0.2, 0.25) is 5.88 Å². The lowest BCUT2D eigenvalue weighted by atomic mass is 10.2. The number of nitrogen functional groups attached to an aromatic ring is 1. The van der Waals surface area contributed by atoms with E-state index in [2.05, 4.69) is 15.0 Å². The Morgan fingerprint density at radius 3 is 2.65 bits per heavy atom. The Morgan fingerprint density at radius 2 is 2.09 bits per heavy atom. The molecule has 3 N–H and O–H groups in total. The van der Waals surface area contributed by atoms with Gasteiger partial charge < -0.3 is 20.3 Å². The van der Waals surface area contributed by atoms with Crippen molar-refractivity contribution in [2.45, 2.75) is 20.0 Å². The Balaban J connectivity index is 2.04. The molecule has 1 atom stereocenters. The first-order valence-corrected chi connectivity index (χ1v) is 7.24. The minimum Gasteiger partial charge on any atom is -0.449 e. The summed E-state index contributed by atoms with van der Waals surface area (Å²) < 4.78 is 9.73. The fraction of sp³-hybridized carbons (Fsp3) is 0.214. The van der Waals surface area contributed by atoms with Crippen molar-refractivity contribution < 1.29 is 18.8 Å². The molecule has 0 aliphatic rings. The van der Waals surface area contributed by atoms with E-state index >= 15 is 0 Å². The summed E-state index contributed by atoms with van der Waals surface area (Å²) in [5.41, 5.74) is 6.12. The molecule has 0 saturated heterocycles. The van der Waals surface area contributed by atoms with E-state index < -0.39 is 18.0 Å². The van der Waals surface area contributed by atoms with Crippen LogP contribution in [0.5, 0.6) is 0 Å². The van der Waals surface area contributed by atoms with E-state index in [1.165, 1.54) is 19.9 Å². The summed E-state index contributed by atoms with van der Waals surface area (Å²) in [4.78, 5) is 24.1. The van der Waals surface area contributed by atoms with Crippen molar-refractivity contribution in [3.05, 3.63) is 39.5 Å². The van der Waals surface area contributed by atoms with Crippen molar-refractivity contribution >= 4 is 46.6 Å². The second-order valence-corrected chi connectivity index (χ2v) is 5.51. The van der Waals surface area contributed by atoms with Gasteiger partial charge in [-0.2, -0.15) is 0 Å². The standard InChI is InChI=1S/C14H13Cl2N3O4/c1-6-11(12(17)23-19-6)14(21)22-7(2)13(20)18-10-4-3-8(15)5-9(10)16/h3-5,7H,17H2,1-2H3,(H,18,20). The Kier molecular flexibility index (Phi) is 5.12. The number of anilines is 2. The van der Waals surface area contributed by atoms with Crippen LogP contribution < -0.4 is 11.1 Å². The van der Waals surface area contributed by atoms with Gasteiger partial charge in [-0.25, -0.2) is 4.79 Å². The van der Waals surface area contributed by atoms with Crippen molar-refractivity contribution in [1.82, 2.24) is 5.16 Å². The van der Waals surface area contributed by atoms with Crippen LogP contribution in [0.1, 0.15) is 23.0 Å². The minimum absolute atomic E-state index is 0.00539. The smallest absolute Gasteiger partial charge is 0.346 e. The van der Waals surface area contributed by atoms with Crippen LogP contribution in [-0.2, 0) is 9.53 Å². The van der Waals surface area contributed by atoms with E-state index in [-0.39, 0.29) is 22.2 Å². The topological polar surface area (TPSA) is 107 Å². The quantitative estimate of drug-likeness (QED) is 0.814. The number of halogens is 2. The van der Waals surface area contributed by atoms with E-state index in [9.17, 15) is 9.59 Å². The number of carbonyl (C=O) groups excluding carboxylic acids is 2. The third kappa shape index (κ3) is 3.94. The number of rotatable bonds is 4. The second kappa shape index (κ2) is 6.89. The molecule has 2 rings (SSSR count). The summed E-state index contributed by atoms with van der Waals surface area (Å²) in [7, 11) is 0. The number of amides is 1. The molecule has 122 valence electrons. The molecule has 0 aliphatic carbocycles. The SMILES string of the molecule is Cc1noc(N)c1C(=O)OC(C)C(=O)Nc1ccc(Cl)cc1Cl. The van der Waals surface area contributed by atoms with Crippen LogP contribution in [0.25, 0.3) is 0 Å². The number of hydrogen-bond donors (Lipinski definition) is 2. The van der Waals surface area contributed by atoms with Gasteiger partial charge in [0.25, 0.3) is 5.91 Å². The van der Waals surface area contributed by atoms with Crippen LogP contribution in [0.15, 0.2) is 22.7 Å². The van der Waals surface area contributed by atoms with Gasteiger partial charge in [-0.05, 0) is 32.0 Å². The number of carbonyl (C=O) groups is 2. The zero-order valence-corrected chi connectivity index (χ0v) is 13.7. The molecule has 0 bridgehead atoms. The molecule has 1 unspecified atom stereocenters. The third-order valence-corrected chi connectivity index (χ3v) is 3.48. The van der Waals surface area contributed by atoms with Gasteiger partial charge >= 0.3 is 5.97 Å². The highest BCUT2D eigenvalue weighted by Crippen LogP contribution is 2.25. The monoisotopic (exact) mass is 357 g/mol. The van der Waals surface area contributed by atoms with Crippen LogP contribution in [0.3, 0.4) is 0 Å². The van der Waals surface area contributed by atoms with E-state index in [0.717, 1.165) is 0 Å². The number of esters is 1. The predicted octanol–water partition coefficient (Wildman–Crippen LogP) is 3.06. The molecule has 9 heteroatoms. The van der Waals surface area contributed by atoms with Crippen LogP contribution in [0.4, 0.5) is 11.6 Å². The number of hydrogen-bond acceptors (Lipinski definition) is 6. The molecule has 0 fully saturated rings. The summed E-state index contributed by atoms with van der Waals surface area (Å²) in [6.07, 6.45) is -1.08. The highest BCUT2D eigenvalue weighted by molar-refractivity contribution is 6.36. The first-order valence-electron chi connectivity index (χ1n) is 6.48. The predicted molar refractivity (Wildman–Crippen MR) is 85.6 cm³/mol. The van der Waals surface area contributed by atoms with Crippen LogP contribution in [0, 0.1) is 6.92 Å². The molecule has 0 spiro atoms. The second-order valence-electron chi connectivity index (χ2n) is 4.67. The highest BCUT2D eigenvalue weighted by Gasteiger charge is 2.25. The summed E-state index contributed by atoms with van der Waals surface area (Å²) in [5.74, 6) is -1.53. The fourth-order valence-electron chi connectivity index (χ4n) is 1.73. The van der Waals surface area contributed by atoms with E-state index in [0.29, 0.717) is 10.7 Å². The van der Waals surface area contributed by atoms with Gasteiger partial charge in [-0.15, -0.1) is 0 Å². The fourth-order valence-corrected chi connectivity index (χ4v) is 2.19. The number of benzene rings is 1. The lowest BCUT2D eigenvalue weighted by molar-refractivity contribution is -0.123. The van der Waals surface area contributed by atoms with Gasteiger partial charge in [0.05, 0.1) is 16.4 Å². The molecular formula is C14H13Cl2N3O4. The number of nitrogens with zero attached hydrogens (tertiary/aromatic N) is 1. The number of nitrogens with two attached hydrogens (primary N) is 1. The van der Waals surface area contributed by atoms with Crippen LogP contribution in [-0.4, -0.2) is 23.1 Å². The molecular weight excluding hydrogens is 345 g/mol. The number of ether oxygens (including phenoxy) is 1. The van der Waals surface area contributed by atoms with Crippen molar-refractivity contribution in [1.29, 1.82) is 0 Å². The maximum Gasteiger partial charge on any atom is 0.346 e. The van der Waals surface area contributed by atoms with Crippen molar-refractivity contribution in [2.24, 2.45) is 0 Å². The van der Waals surface area contributed by atoms with Crippen molar-refractivity contribution in [3.63, 3.8) is 0 Å². The van der Waals surface area contributed by atoms with E-state index in [1.807, 2.05) is 0 Å². The first-order chi connectivity index (χ1) is 10.8. The van der Waals surface area contributed by atoms with Gasteiger partial charge in [0.1, 0.15) is 5.56 Å². The van der Waals surface area contributed by atoms with Gasteiger partial charge in [-0.3, -0.25) is 4.79 Å². The summed E-state index contributed by atoms with van der Waals surface area (Å²) in [5, 5.41) is 6.79. The molecule has 1 heterocycles. The lowest BCUT2D eigenvalue weighted by Gasteiger charge is -2.14. The Labute approximate surface area is 141 Å². The lowest BCUT2D eigenvalue weighted by Crippen LogP contribution is -2.30. The van der Waals surface area contributed by atoms with Gasteiger partial charge in [-0.1, -0.05) is 28.4 Å². The summed E-state index contributed by atoms with van der Waals surface area (Å²) in [6, 6.07) is 4.59. The molecule has 1 aromatic heterocycles. The number of aryl methyl sites for hydroxylation is 1. The normalized spacial score (nSPS) is 11.8. The van der Waals surface area contributed by atoms with E-state index in [1.54, 1.807) is 12.1 Å². The van der Waals surface area contributed by atoms with Crippen LogP contribution >= 0.6 is 23.2 Å². The molecule has 1 amide bonds. The molecule has 7 nitrogen and oxygen atoms in total.